The Labute approximate surface area is 87.0 Å². The van der Waals surface area contributed by atoms with Crippen LogP contribution in [-0.2, 0) is 37.5 Å². The Hall–Kier alpha value is 0.534. The fraction of sp³-hybridized carbons (Fsp3) is 0.500. The minimum atomic E-state index is -0.480. The van der Waals surface area contributed by atoms with E-state index in [1.54, 1.807) is 0 Å². The maximum Gasteiger partial charge on any atom is 0.203 e. The normalized spacial score (nSPS) is 11.8. The first-order valence-electron chi connectivity index (χ1n) is 2.83. The molecule has 4 heteroatoms. The Kier molecular flexibility index (Phi) is 10.0. The van der Waals surface area contributed by atoms with Crippen molar-refractivity contribution in [2.75, 3.05) is 6.54 Å². The van der Waals surface area contributed by atoms with Crippen molar-refractivity contribution in [1.82, 2.24) is 5.32 Å². The van der Waals surface area contributed by atoms with Gasteiger partial charge in [-0.2, -0.15) is 6.42 Å². The molecule has 3 N–H and O–H groups in total. The van der Waals surface area contributed by atoms with Crippen molar-refractivity contribution in [3.8, 4) is 0 Å². The van der Waals surface area contributed by atoms with E-state index in [4.69, 9.17) is 5.73 Å². The molecule has 0 aliphatic rings. The molecule has 0 heterocycles. The van der Waals surface area contributed by atoms with Crippen LogP contribution in [0.5, 0.6) is 0 Å². The first-order chi connectivity index (χ1) is 4.18. The zero-order valence-corrected chi connectivity index (χ0v) is 8.81. The maximum absolute atomic E-state index is 10.3. The fourth-order valence-corrected chi connectivity index (χ4v) is 0.377. The molecule has 1 unspecified atom stereocenters. The van der Waals surface area contributed by atoms with Gasteiger partial charge in [0, 0.05) is 32.7 Å². The van der Waals surface area contributed by atoms with Gasteiger partial charge in [-0.05, 0) is 12.6 Å². The molecule has 0 aliphatic carbocycles. The topological polar surface area (TPSA) is 55.1 Å². The Morgan fingerprint density at radius 3 is 2.50 bits per heavy atom. The molecule has 1 radical (unpaired) electrons. The Morgan fingerprint density at radius 2 is 2.20 bits per heavy atom. The van der Waals surface area contributed by atoms with Gasteiger partial charge in [0.25, 0.3) is 0 Å². The van der Waals surface area contributed by atoms with E-state index < -0.39 is 11.9 Å². The van der Waals surface area contributed by atoms with Gasteiger partial charge >= 0.3 is 0 Å². The van der Waals surface area contributed by atoms with E-state index in [2.05, 4.69) is 19.2 Å². The number of rotatable bonds is 4. The van der Waals surface area contributed by atoms with Gasteiger partial charge < -0.3 is 24.9 Å². The van der Waals surface area contributed by atoms with E-state index in [1.807, 2.05) is 0 Å². The summed E-state index contributed by atoms with van der Waals surface area (Å²) >= 11 is 0. The molecule has 0 spiro atoms. The fourth-order valence-electron chi connectivity index (χ4n) is 0.377. The van der Waals surface area contributed by atoms with E-state index in [0.29, 0.717) is 6.54 Å². The largest absolute Gasteiger partial charge is 0.371 e. The van der Waals surface area contributed by atoms with Crippen molar-refractivity contribution in [2.45, 2.75) is 12.5 Å². The third kappa shape index (κ3) is 6.65. The van der Waals surface area contributed by atoms with Crippen LogP contribution < -0.4 is 11.1 Å². The van der Waals surface area contributed by atoms with Crippen LogP contribution in [0.4, 0.5) is 0 Å². The smallest absolute Gasteiger partial charge is 0.203 e. The van der Waals surface area contributed by atoms with Gasteiger partial charge in [0.15, 0.2) is 0 Å². The zero-order chi connectivity index (χ0) is 7.28. The van der Waals surface area contributed by atoms with Crippen LogP contribution in [0.2, 0.25) is 0 Å². The monoisotopic (exact) mass is 217 g/mol. The number of carbonyl (C=O) groups excluding carboxylic acids is 1. The summed E-state index contributed by atoms with van der Waals surface area (Å²) in [5, 5.41) is 2.78. The molecular weight excluding hydrogens is 205 g/mol. The van der Waals surface area contributed by atoms with Gasteiger partial charge in [0.2, 0.25) is 5.91 Å². The van der Waals surface area contributed by atoms with Crippen LogP contribution in [0, 0.1) is 13.8 Å². The molecule has 0 saturated carbocycles. The Balaban J connectivity index is 0. The summed E-state index contributed by atoms with van der Waals surface area (Å²) in [4.78, 5) is 10.3. The first kappa shape index (κ1) is 13.1. The molecule has 1 amide bonds. The molecule has 57 valence electrons. The van der Waals surface area contributed by atoms with E-state index >= 15 is 0 Å². The van der Waals surface area contributed by atoms with Crippen molar-refractivity contribution in [1.29, 1.82) is 0 Å². The SMILES string of the molecule is [CH2-]CCNC([CH2-])C(N)=O.[Y]. The first-order valence-corrected chi connectivity index (χ1v) is 2.83. The molecule has 0 fully saturated rings. The summed E-state index contributed by atoms with van der Waals surface area (Å²) < 4.78 is 0. The number of hydrogen-bond acceptors (Lipinski definition) is 2. The van der Waals surface area contributed by atoms with Crippen LogP contribution >= 0.6 is 0 Å². The number of hydrogen-bond donors (Lipinski definition) is 2. The number of nitrogens with two attached hydrogens (primary N) is 1. The molecule has 10 heavy (non-hydrogen) atoms. The second-order valence-corrected chi connectivity index (χ2v) is 1.76. The van der Waals surface area contributed by atoms with Gasteiger partial charge in [0.05, 0.1) is 0 Å². The summed E-state index contributed by atoms with van der Waals surface area (Å²) in [5.41, 5.74) is 4.89. The van der Waals surface area contributed by atoms with Gasteiger partial charge in [-0.1, -0.05) is 0 Å². The minimum absolute atomic E-state index is 0. The number of carbonyl (C=O) groups is 1. The molecule has 0 aromatic carbocycles. The molecule has 0 rings (SSSR count). The van der Waals surface area contributed by atoms with Crippen LogP contribution in [0.15, 0.2) is 0 Å². The molecule has 0 bridgehead atoms. The van der Waals surface area contributed by atoms with E-state index in [0.717, 1.165) is 6.42 Å². The number of amides is 1. The summed E-state index contributed by atoms with van der Waals surface area (Å²) in [6.45, 7) is 7.71. The minimum Gasteiger partial charge on any atom is -0.371 e. The van der Waals surface area contributed by atoms with E-state index in [1.165, 1.54) is 0 Å². The Morgan fingerprint density at radius 1 is 1.70 bits per heavy atom. The maximum atomic E-state index is 10.3. The van der Waals surface area contributed by atoms with E-state index in [-0.39, 0.29) is 32.7 Å². The summed E-state index contributed by atoms with van der Waals surface area (Å²) in [5.74, 6) is -0.427. The molecule has 0 saturated heterocycles. The van der Waals surface area contributed by atoms with Gasteiger partial charge in [0.1, 0.15) is 0 Å². The second-order valence-electron chi connectivity index (χ2n) is 1.76. The Bertz CT molecular complexity index is 97.7. The van der Waals surface area contributed by atoms with Crippen molar-refractivity contribution in [3.05, 3.63) is 13.8 Å². The van der Waals surface area contributed by atoms with Crippen molar-refractivity contribution >= 4 is 5.91 Å². The van der Waals surface area contributed by atoms with Crippen LogP contribution in [-0.4, -0.2) is 18.5 Å². The molecule has 0 aromatic rings. The third-order valence-corrected chi connectivity index (χ3v) is 0.911. The second kappa shape index (κ2) is 7.64. The van der Waals surface area contributed by atoms with Crippen LogP contribution in [0.1, 0.15) is 6.42 Å². The predicted molar refractivity (Wildman–Crippen MR) is 36.3 cm³/mol. The average molecular weight is 217 g/mol. The standard InChI is InChI=1S/C6H12N2O.Y/c1-3-4-8-5(2)6(7)9;/h5,8H,1-4H2,(H2,7,9);/q-2;. The van der Waals surface area contributed by atoms with Crippen molar-refractivity contribution < 1.29 is 37.5 Å². The van der Waals surface area contributed by atoms with Crippen molar-refractivity contribution in [3.63, 3.8) is 0 Å². The zero-order valence-electron chi connectivity index (χ0n) is 5.97. The van der Waals surface area contributed by atoms with Crippen LogP contribution in [0.25, 0.3) is 0 Å². The van der Waals surface area contributed by atoms with Gasteiger partial charge in [-0.25, -0.2) is 0 Å². The molecular formula is C6H12N2OY-2. The van der Waals surface area contributed by atoms with E-state index in [9.17, 15) is 4.79 Å². The molecule has 0 aromatic heterocycles. The number of primary amides is 1. The van der Waals surface area contributed by atoms with Crippen LogP contribution in [0.3, 0.4) is 0 Å². The average Bonchev–Trinajstić information content (AvgIpc) is 1.82. The summed E-state index contributed by atoms with van der Waals surface area (Å²) in [6, 6.07) is -0.480. The number of nitrogens with one attached hydrogen (secondary N) is 1. The summed E-state index contributed by atoms with van der Waals surface area (Å²) in [7, 11) is 0. The molecule has 0 aliphatic heterocycles. The summed E-state index contributed by atoms with van der Waals surface area (Å²) in [6.07, 6.45) is 0.735. The predicted octanol–water partition coefficient (Wildman–Crippen LogP) is -0.514. The molecule has 3 nitrogen and oxygen atoms in total. The van der Waals surface area contributed by atoms with Crippen molar-refractivity contribution in [2.24, 2.45) is 5.73 Å². The van der Waals surface area contributed by atoms with Gasteiger partial charge in [-0.15, -0.1) is 0 Å². The quantitative estimate of drug-likeness (QED) is 0.623. The third-order valence-electron chi connectivity index (χ3n) is 0.911. The van der Waals surface area contributed by atoms with Gasteiger partial charge in [-0.3, -0.25) is 4.79 Å². The molecule has 1 atom stereocenters.